The predicted molar refractivity (Wildman–Crippen MR) is 163 cm³/mol. The number of hydrogen-bond acceptors (Lipinski definition) is 19. The Morgan fingerprint density at radius 2 is 0.765 bits per heavy atom. The molecule has 0 N–H and O–H groups in total. The van der Waals surface area contributed by atoms with Crippen LogP contribution >= 0.6 is 0 Å². The highest BCUT2D eigenvalue weighted by Gasteiger charge is 2.58. The van der Waals surface area contributed by atoms with E-state index in [2.05, 4.69) is 0 Å². The van der Waals surface area contributed by atoms with Gasteiger partial charge < -0.3 is 52.1 Å². The third-order valence-corrected chi connectivity index (χ3v) is 7.00. The monoisotopic (exact) mass is 734 g/mol. The largest absolute Gasteiger partial charge is 0.463 e. The first-order valence-electron chi connectivity index (χ1n) is 16.0. The van der Waals surface area contributed by atoms with Gasteiger partial charge in [-0.2, -0.15) is 0 Å². The van der Waals surface area contributed by atoms with E-state index in [1.807, 2.05) is 0 Å². The Balaban J connectivity index is 2.76. The number of esters is 8. The maximum absolute atomic E-state index is 13.0. The van der Waals surface area contributed by atoms with Crippen LogP contribution in [0.25, 0.3) is 0 Å². The van der Waals surface area contributed by atoms with Gasteiger partial charge in [0, 0.05) is 41.5 Å². The molecule has 10 atom stereocenters. The molecular weight excluding hydrogens is 688 g/mol. The first-order chi connectivity index (χ1) is 23.7. The molecule has 2 rings (SSSR count). The average Bonchev–Trinajstić information content (AvgIpc) is 2.99. The first kappa shape index (κ1) is 42.8. The standard InChI is InChI=1S/C32H46O19/c1-13(2)29(39)42-12-22-24(44-17(7)35)25(45-18(8)36)27(47-20(10)38)31(49-22)51-32-28(50-30(40)14(3)4)26(46-19(9)37)23(43-16(6)34)21(48-32)11-41-15(5)33/h13-14,21-28,31-32H,11-12H2,1-10H3/t21-,22-,23-,24-,25+,26+,27-,28-,31-,32-/m1/s1. The van der Waals surface area contributed by atoms with Gasteiger partial charge >= 0.3 is 47.8 Å². The second-order valence-electron chi connectivity index (χ2n) is 12.2. The second-order valence-corrected chi connectivity index (χ2v) is 12.2. The van der Waals surface area contributed by atoms with Crippen LogP contribution in [-0.4, -0.2) is 122 Å². The molecule has 2 aliphatic heterocycles. The molecule has 2 aliphatic rings. The lowest BCUT2D eigenvalue weighted by molar-refractivity contribution is -0.377. The fourth-order valence-electron chi connectivity index (χ4n) is 4.94. The molecule has 2 heterocycles. The van der Waals surface area contributed by atoms with Crippen LogP contribution in [0, 0.1) is 11.8 Å². The Labute approximate surface area is 294 Å². The Morgan fingerprint density at radius 3 is 1.12 bits per heavy atom. The van der Waals surface area contributed by atoms with E-state index in [-0.39, 0.29) is 0 Å². The maximum Gasteiger partial charge on any atom is 0.308 e. The average molecular weight is 735 g/mol. The quantitative estimate of drug-likeness (QED) is 0.174. The summed E-state index contributed by atoms with van der Waals surface area (Å²) in [5.41, 5.74) is 0. The highest BCUT2D eigenvalue weighted by Crippen LogP contribution is 2.35. The molecule has 0 amide bonds. The number of carbonyl (C=O) groups is 8. The molecule has 2 fully saturated rings. The molecule has 51 heavy (non-hydrogen) atoms. The first-order valence-corrected chi connectivity index (χ1v) is 16.0. The SMILES string of the molecule is CC(=O)OC[C@H]1O[C@H](O[C@H]2O[C@H](COC(=O)C(C)C)[C@@H](OC(C)=O)[C@H](OC(C)=O)[C@H]2OC(C)=O)[C@H](OC(=O)C(C)C)[C@@H](OC(C)=O)[C@@H]1OC(C)=O. The number of rotatable bonds is 14. The number of hydrogen-bond donors (Lipinski definition) is 0. The molecule has 0 bridgehead atoms. The molecule has 0 aromatic rings. The molecule has 0 aromatic carbocycles. The molecule has 0 aliphatic carbocycles. The zero-order valence-corrected chi connectivity index (χ0v) is 30.1. The van der Waals surface area contributed by atoms with Crippen LogP contribution in [0.1, 0.15) is 69.2 Å². The van der Waals surface area contributed by atoms with Gasteiger partial charge in [-0.1, -0.05) is 27.7 Å². The lowest BCUT2D eigenvalue weighted by Crippen LogP contribution is -2.67. The topological polar surface area (TPSA) is 238 Å². The van der Waals surface area contributed by atoms with Gasteiger partial charge in [-0.05, 0) is 0 Å². The molecule has 0 spiro atoms. The van der Waals surface area contributed by atoms with Crippen molar-refractivity contribution < 1.29 is 90.5 Å². The van der Waals surface area contributed by atoms with Crippen LogP contribution in [0.5, 0.6) is 0 Å². The van der Waals surface area contributed by atoms with E-state index < -0.39 is 134 Å². The van der Waals surface area contributed by atoms with E-state index in [0.29, 0.717) is 0 Å². The zero-order valence-electron chi connectivity index (χ0n) is 30.1. The third-order valence-electron chi connectivity index (χ3n) is 7.00. The fraction of sp³-hybridized carbons (Fsp3) is 0.750. The van der Waals surface area contributed by atoms with Crippen LogP contribution in [0.3, 0.4) is 0 Å². The fourth-order valence-corrected chi connectivity index (χ4v) is 4.94. The third kappa shape index (κ3) is 13.0. The molecule has 0 unspecified atom stereocenters. The van der Waals surface area contributed by atoms with Crippen molar-refractivity contribution in [3.63, 3.8) is 0 Å². The van der Waals surface area contributed by atoms with E-state index in [4.69, 9.17) is 52.1 Å². The summed E-state index contributed by atoms with van der Waals surface area (Å²) in [6.45, 7) is 11.2. The van der Waals surface area contributed by atoms with Crippen molar-refractivity contribution in [1.82, 2.24) is 0 Å². The number of carbonyl (C=O) groups excluding carboxylic acids is 8. The van der Waals surface area contributed by atoms with E-state index in [0.717, 1.165) is 41.5 Å². The van der Waals surface area contributed by atoms with Crippen molar-refractivity contribution in [1.29, 1.82) is 0 Å². The van der Waals surface area contributed by atoms with E-state index in [1.54, 1.807) is 13.8 Å². The van der Waals surface area contributed by atoms with Gasteiger partial charge in [0.2, 0.25) is 12.6 Å². The van der Waals surface area contributed by atoms with Crippen molar-refractivity contribution in [3.8, 4) is 0 Å². The second kappa shape index (κ2) is 19.3. The molecule has 19 heteroatoms. The van der Waals surface area contributed by atoms with Crippen LogP contribution in [0.4, 0.5) is 0 Å². The summed E-state index contributed by atoms with van der Waals surface area (Å²) in [4.78, 5) is 98.6. The van der Waals surface area contributed by atoms with Gasteiger partial charge in [-0.25, -0.2) is 0 Å². The molecule has 0 aromatic heterocycles. The zero-order chi connectivity index (χ0) is 38.7. The van der Waals surface area contributed by atoms with Gasteiger partial charge in [0.05, 0.1) is 11.8 Å². The van der Waals surface area contributed by atoms with Gasteiger partial charge in [0.25, 0.3) is 0 Å². The van der Waals surface area contributed by atoms with Crippen LogP contribution in [0.15, 0.2) is 0 Å². The highest BCUT2D eigenvalue weighted by molar-refractivity contribution is 5.72. The molecular formula is C32H46O19. The van der Waals surface area contributed by atoms with Gasteiger partial charge in [0.15, 0.2) is 36.6 Å². The van der Waals surface area contributed by atoms with E-state index in [1.165, 1.54) is 13.8 Å². The van der Waals surface area contributed by atoms with Gasteiger partial charge in [0.1, 0.15) is 25.4 Å². The lowest BCUT2D eigenvalue weighted by Gasteiger charge is -2.48. The summed E-state index contributed by atoms with van der Waals surface area (Å²) < 4.78 is 61.6. The molecule has 288 valence electrons. The summed E-state index contributed by atoms with van der Waals surface area (Å²) >= 11 is 0. The van der Waals surface area contributed by atoms with Crippen molar-refractivity contribution >= 4 is 47.8 Å². The predicted octanol–water partition coefficient (Wildman–Crippen LogP) is 0.441. The smallest absolute Gasteiger partial charge is 0.308 e. The molecule has 0 radical (unpaired) electrons. The Bertz CT molecular complexity index is 1290. The number of ether oxygens (including phenoxy) is 11. The summed E-state index contributed by atoms with van der Waals surface area (Å²) in [6, 6.07) is 0. The molecule has 2 saturated heterocycles. The minimum Gasteiger partial charge on any atom is -0.463 e. The van der Waals surface area contributed by atoms with Crippen LogP contribution < -0.4 is 0 Å². The van der Waals surface area contributed by atoms with Crippen LogP contribution in [0.2, 0.25) is 0 Å². The van der Waals surface area contributed by atoms with Gasteiger partial charge in [-0.3, -0.25) is 38.4 Å². The van der Waals surface area contributed by atoms with Crippen molar-refractivity contribution in [2.75, 3.05) is 13.2 Å². The lowest BCUT2D eigenvalue weighted by atomic mass is 9.96. The van der Waals surface area contributed by atoms with Crippen LogP contribution in [-0.2, 0) is 90.5 Å². The summed E-state index contributed by atoms with van der Waals surface area (Å²) in [5, 5.41) is 0. The maximum atomic E-state index is 13.0. The van der Waals surface area contributed by atoms with Crippen molar-refractivity contribution in [2.24, 2.45) is 11.8 Å². The minimum absolute atomic E-state index is 0.587. The Morgan fingerprint density at radius 1 is 0.431 bits per heavy atom. The van der Waals surface area contributed by atoms with Crippen molar-refractivity contribution in [3.05, 3.63) is 0 Å². The van der Waals surface area contributed by atoms with Crippen molar-refractivity contribution in [2.45, 2.75) is 131 Å². The Kier molecular flexibility index (Phi) is 16.2. The molecule has 19 nitrogen and oxygen atoms in total. The van der Waals surface area contributed by atoms with E-state index >= 15 is 0 Å². The van der Waals surface area contributed by atoms with E-state index in [9.17, 15) is 38.4 Å². The Hall–Kier alpha value is -4.36. The minimum atomic E-state index is -1.85. The molecule has 0 saturated carbocycles. The normalized spacial score (nSPS) is 28.9. The summed E-state index contributed by atoms with van der Waals surface area (Å²) in [5.74, 6) is -8.12. The summed E-state index contributed by atoms with van der Waals surface area (Å²) in [6.07, 6.45) is -16.4. The van der Waals surface area contributed by atoms with Gasteiger partial charge in [-0.15, -0.1) is 0 Å². The summed E-state index contributed by atoms with van der Waals surface area (Å²) in [7, 11) is 0. The highest BCUT2D eigenvalue weighted by atomic mass is 16.8.